The van der Waals surface area contributed by atoms with Crippen molar-refractivity contribution in [1.82, 2.24) is 0 Å². The van der Waals surface area contributed by atoms with Crippen LogP contribution in [0.2, 0.25) is 0 Å². The summed E-state index contributed by atoms with van der Waals surface area (Å²) in [7, 11) is 1.41. The Morgan fingerprint density at radius 1 is 1.50 bits per heavy atom. The van der Waals surface area contributed by atoms with Crippen molar-refractivity contribution in [2.75, 3.05) is 7.11 Å². The first kappa shape index (κ1) is 13.0. The van der Waals surface area contributed by atoms with Gasteiger partial charge in [-0.05, 0) is 37.0 Å². The molecule has 98 valence electrons. The van der Waals surface area contributed by atoms with E-state index in [0.717, 1.165) is 19.3 Å². The summed E-state index contributed by atoms with van der Waals surface area (Å²) in [5, 5.41) is 0. The lowest BCUT2D eigenvalue weighted by Gasteiger charge is -2.37. The van der Waals surface area contributed by atoms with Crippen molar-refractivity contribution in [3.63, 3.8) is 0 Å². The molecule has 0 bridgehead atoms. The highest BCUT2D eigenvalue weighted by Crippen LogP contribution is 2.32. The number of halogens is 1. The van der Waals surface area contributed by atoms with E-state index in [-0.39, 0.29) is 23.5 Å². The first-order valence-corrected chi connectivity index (χ1v) is 6.15. The van der Waals surface area contributed by atoms with E-state index in [0.29, 0.717) is 12.0 Å². The van der Waals surface area contributed by atoms with Gasteiger partial charge in [-0.2, -0.15) is 0 Å². The predicted molar refractivity (Wildman–Crippen MR) is 67.0 cm³/mol. The summed E-state index contributed by atoms with van der Waals surface area (Å²) in [6, 6.07) is 4.60. The Kier molecular flexibility index (Phi) is 3.66. The summed E-state index contributed by atoms with van der Waals surface area (Å²) in [6.07, 6.45) is 3.55. The number of nitrogens with two attached hydrogens (primary N) is 1. The van der Waals surface area contributed by atoms with E-state index in [1.165, 1.54) is 13.2 Å². The average molecular weight is 251 g/mol. The van der Waals surface area contributed by atoms with Gasteiger partial charge in [-0.3, -0.25) is 4.79 Å². The van der Waals surface area contributed by atoms with Crippen LogP contribution in [-0.4, -0.2) is 18.4 Å². The van der Waals surface area contributed by atoms with Crippen LogP contribution in [0.15, 0.2) is 18.2 Å². The first-order valence-electron chi connectivity index (χ1n) is 6.15. The standard InChI is InChI=1S/C14H18FNO2/c1-18-13-4-3-10(8-12(13)15)7-11(17)9-14(16)5-2-6-14/h3-4,8H,2,5-7,9,16H2,1H3. The molecule has 0 aliphatic heterocycles. The number of hydrogen-bond acceptors (Lipinski definition) is 3. The molecule has 18 heavy (non-hydrogen) atoms. The molecule has 3 nitrogen and oxygen atoms in total. The maximum Gasteiger partial charge on any atom is 0.165 e. The van der Waals surface area contributed by atoms with Crippen LogP contribution in [0.3, 0.4) is 0 Å². The van der Waals surface area contributed by atoms with Crippen molar-refractivity contribution in [2.24, 2.45) is 5.73 Å². The van der Waals surface area contributed by atoms with Crippen molar-refractivity contribution in [3.05, 3.63) is 29.6 Å². The highest BCUT2D eigenvalue weighted by molar-refractivity contribution is 5.82. The molecule has 1 aliphatic rings. The highest BCUT2D eigenvalue weighted by Gasteiger charge is 2.34. The van der Waals surface area contributed by atoms with E-state index in [1.807, 2.05) is 0 Å². The predicted octanol–water partition coefficient (Wildman–Crippen LogP) is 2.22. The molecule has 0 spiro atoms. The van der Waals surface area contributed by atoms with Crippen LogP contribution < -0.4 is 10.5 Å². The molecule has 1 fully saturated rings. The van der Waals surface area contributed by atoms with Gasteiger partial charge in [-0.1, -0.05) is 6.07 Å². The number of carbonyl (C=O) groups is 1. The van der Waals surface area contributed by atoms with Crippen molar-refractivity contribution in [2.45, 2.75) is 37.6 Å². The fourth-order valence-electron chi connectivity index (χ4n) is 2.31. The molecule has 0 radical (unpaired) electrons. The average Bonchev–Trinajstić information content (AvgIpc) is 2.27. The lowest BCUT2D eigenvalue weighted by molar-refractivity contribution is -0.120. The maximum absolute atomic E-state index is 13.5. The van der Waals surface area contributed by atoms with Gasteiger partial charge < -0.3 is 10.5 Å². The number of hydrogen-bond donors (Lipinski definition) is 1. The molecular formula is C14H18FNO2. The summed E-state index contributed by atoms with van der Waals surface area (Å²) in [6.45, 7) is 0. The molecule has 1 aromatic rings. The van der Waals surface area contributed by atoms with Crippen molar-refractivity contribution in [3.8, 4) is 5.75 Å². The quantitative estimate of drug-likeness (QED) is 0.873. The van der Waals surface area contributed by atoms with Crippen LogP contribution in [0, 0.1) is 5.82 Å². The summed E-state index contributed by atoms with van der Waals surface area (Å²) in [4.78, 5) is 11.9. The number of benzene rings is 1. The molecule has 2 rings (SSSR count). The SMILES string of the molecule is COc1ccc(CC(=O)CC2(N)CCC2)cc1F. The van der Waals surface area contributed by atoms with Crippen molar-refractivity contribution in [1.29, 1.82) is 0 Å². The molecule has 0 atom stereocenters. The zero-order valence-corrected chi connectivity index (χ0v) is 10.5. The van der Waals surface area contributed by atoms with Gasteiger partial charge in [0.15, 0.2) is 11.6 Å². The second-order valence-corrected chi connectivity index (χ2v) is 5.08. The van der Waals surface area contributed by atoms with Crippen molar-refractivity contribution < 1.29 is 13.9 Å². The Labute approximate surface area is 106 Å². The normalized spacial score (nSPS) is 17.1. The van der Waals surface area contributed by atoms with E-state index in [4.69, 9.17) is 10.5 Å². The fraction of sp³-hybridized carbons (Fsp3) is 0.500. The molecule has 2 N–H and O–H groups in total. The molecule has 4 heteroatoms. The maximum atomic E-state index is 13.5. The number of ketones is 1. The minimum Gasteiger partial charge on any atom is -0.494 e. The van der Waals surface area contributed by atoms with Crippen LogP contribution in [-0.2, 0) is 11.2 Å². The lowest BCUT2D eigenvalue weighted by Crippen LogP contribution is -2.48. The molecule has 0 unspecified atom stereocenters. The van der Waals surface area contributed by atoms with E-state index < -0.39 is 5.82 Å². The largest absolute Gasteiger partial charge is 0.494 e. The number of ether oxygens (including phenoxy) is 1. The minimum absolute atomic E-state index is 0.0711. The van der Waals surface area contributed by atoms with Crippen LogP contribution in [0.4, 0.5) is 4.39 Å². The third kappa shape index (κ3) is 2.88. The monoisotopic (exact) mass is 251 g/mol. The van der Waals surface area contributed by atoms with Gasteiger partial charge in [0.05, 0.1) is 7.11 Å². The number of carbonyl (C=O) groups excluding carboxylic acids is 1. The van der Waals surface area contributed by atoms with E-state index >= 15 is 0 Å². The van der Waals surface area contributed by atoms with Crippen LogP contribution in [0.1, 0.15) is 31.2 Å². The molecule has 0 saturated heterocycles. The Morgan fingerprint density at radius 3 is 2.72 bits per heavy atom. The summed E-state index contributed by atoms with van der Waals surface area (Å²) in [5.41, 5.74) is 6.38. The van der Waals surface area contributed by atoms with Gasteiger partial charge >= 0.3 is 0 Å². The molecule has 1 aliphatic carbocycles. The Balaban J connectivity index is 1.96. The second-order valence-electron chi connectivity index (χ2n) is 5.08. The third-order valence-corrected chi connectivity index (χ3v) is 3.52. The first-order chi connectivity index (χ1) is 8.52. The Hall–Kier alpha value is -1.42. The highest BCUT2D eigenvalue weighted by atomic mass is 19.1. The van der Waals surface area contributed by atoms with Gasteiger partial charge in [0.2, 0.25) is 0 Å². The molecule has 0 amide bonds. The van der Waals surface area contributed by atoms with Gasteiger partial charge in [-0.15, -0.1) is 0 Å². The van der Waals surface area contributed by atoms with E-state index in [9.17, 15) is 9.18 Å². The molecule has 0 aromatic heterocycles. The molecule has 1 saturated carbocycles. The zero-order chi connectivity index (χ0) is 13.2. The van der Waals surface area contributed by atoms with E-state index in [1.54, 1.807) is 12.1 Å². The minimum atomic E-state index is -0.436. The number of methoxy groups -OCH3 is 1. The van der Waals surface area contributed by atoms with Crippen LogP contribution in [0.5, 0.6) is 5.75 Å². The molecule has 1 aromatic carbocycles. The molecule has 0 heterocycles. The zero-order valence-electron chi connectivity index (χ0n) is 10.5. The molecular weight excluding hydrogens is 233 g/mol. The smallest absolute Gasteiger partial charge is 0.165 e. The van der Waals surface area contributed by atoms with Gasteiger partial charge in [0, 0.05) is 18.4 Å². The fourth-order valence-corrected chi connectivity index (χ4v) is 2.31. The number of Topliss-reactive ketones (excluding diaryl/α,β-unsaturated/α-hetero) is 1. The van der Waals surface area contributed by atoms with Crippen molar-refractivity contribution >= 4 is 5.78 Å². The second kappa shape index (κ2) is 5.06. The van der Waals surface area contributed by atoms with Crippen LogP contribution in [0.25, 0.3) is 0 Å². The van der Waals surface area contributed by atoms with Gasteiger partial charge in [-0.25, -0.2) is 4.39 Å². The summed E-state index contributed by atoms with van der Waals surface area (Å²) in [5.74, 6) is -0.170. The Morgan fingerprint density at radius 2 is 2.22 bits per heavy atom. The Bertz CT molecular complexity index is 455. The third-order valence-electron chi connectivity index (χ3n) is 3.52. The number of rotatable bonds is 5. The lowest BCUT2D eigenvalue weighted by atomic mass is 9.74. The summed E-state index contributed by atoms with van der Waals surface area (Å²) < 4.78 is 18.3. The topological polar surface area (TPSA) is 52.3 Å². The van der Waals surface area contributed by atoms with Crippen LogP contribution >= 0.6 is 0 Å². The summed E-state index contributed by atoms with van der Waals surface area (Å²) >= 11 is 0. The van der Waals surface area contributed by atoms with Gasteiger partial charge in [0.25, 0.3) is 0 Å². The van der Waals surface area contributed by atoms with Gasteiger partial charge in [0.1, 0.15) is 5.78 Å². The van der Waals surface area contributed by atoms with E-state index in [2.05, 4.69) is 0 Å².